The number of ether oxygens (including phenoxy) is 3. The summed E-state index contributed by atoms with van der Waals surface area (Å²) >= 11 is 3.35. The van der Waals surface area contributed by atoms with Crippen molar-refractivity contribution in [1.29, 1.82) is 0 Å². The van der Waals surface area contributed by atoms with Gasteiger partial charge >= 0.3 is 11.9 Å². The van der Waals surface area contributed by atoms with Crippen molar-refractivity contribution in [1.82, 2.24) is 9.55 Å². The molecule has 0 saturated carbocycles. The van der Waals surface area contributed by atoms with Crippen LogP contribution >= 0.6 is 15.9 Å². The van der Waals surface area contributed by atoms with E-state index in [0.717, 1.165) is 20.9 Å². The highest BCUT2D eigenvalue weighted by Crippen LogP contribution is 2.41. The van der Waals surface area contributed by atoms with E-state index in [4.69, 9.17) is 19.2 Å². The summed E-state index contributed by atoms with van der Waals surface area (Å²) in [6, 6.07) is 18.5. The minimum atomic E-state index is -1.76. The van der Waals surface area contributed by atoms with Gasteiger partial charge in [-0.05, 0) is 48.9 Å². The number of cyclic esters (lactones) is 1. The van der Waals surface area contributed by atoms with Gasteiger partial charge in [0.25, 0.3) is 5.56 Å². The van der Waals surface area contributed by atoms with Crippen LogP contribution in [0.5, 0.6) is 5.75 Å². The van der Waals surface area contributed by atoms with Crippen LogP contribution in [0.3, 0.4) is 0 Å². The fourth-order valence-corrected chi connectivity index (χ4v) is 5.24. The van der Waals surface area contributed by atoms with Crippen LogP contribution in [0, 0.1) is 0 Å². The molecule has 0 bridgehead atoms. The zero-order valence-corrected chi connectivity index (χ0v) is 21.4. The van der Waals surface area contributed by atoms with Gasteiger partial charge in [0, 0.05) is 21.0 Å². The fourth-order valence-electron chi connectivity index (χ4n) is 4.98. The molecule has 2 aliphatic heterocycles. The summed E-state index contributed by atoms with van der Waals surface area (Å²) in [5, 5.41) is 0.980. The Hall–Kier alpha value is -3.98. The minimum Gasteiger partial charge on any atom is -0.482 e. The number of halogens is 1. The van der Waals surface area contributed by atoms with Crippen molar-refractivity contribution in [2.24, 2.45) is 0 Å². The maximum Gasteiger partial charge on any atom is 0.355 e. The number of hydrogen-bond acceptors (Lipinski definition) is 7. The SMILES string of the molecule is CC[C@@]1(OC(=O)COc2ccc(Br)cc2)C(=O)OCc2c1cc1n(c2=O)Cc2cc3ccccc3nc2-1. The number of carbonyl (C=O) groups excluding carboxylic acids is 2. The number of benzene rings is 2. The smallest absolute Gasteiger partial charge is 0.355 e. The van der Waals surface area contributed by atoms with Crippen LogP contribution in [0.25, 0.3) is 22.3 Å². The van der Waals surface area contributed by atoms with Gasteiger partial charge in [0.1, 0.15) is 12.4 Å². The first kappa shape index (κ1) is 23.4. The standard InChI is InChI=1S/C28H21BrN2O6/c1-2-28(37-24(32)15-35-19-9-7-18(29)8-10-19)21-12-23-25-17(11-16-5-3-4-6-22(16)30-25)13-31(23)26(33)20(21)14-36-27(28)34/h3-12H,2,13-15H2,1H3/t28-/m0/s1. The Kier molecular flexibility index (Phi) is 5.60. The third kappa shape index (κ3) is 3.81. The Morgan fingerprint density at radius 3 is 2.70 bits per heavy atom. The largest absolute Gasteiger partial charge is 0.482 e. The van der Waals surface area contributed by atoms with Crippen molar-refractivity contribution >= 4 is 38.8 Å². The van der Waals surface area contributed by atoms with Gasteiger partial charge in [-0.3, -0.25) is 4.79 Å². The summed E-state index contributed by atoms with van der Waals surface area (Å²) in [4.78, 5) is 44.4. The molecular weight excluding hydrogens is 540 g/mol. The van der Waals surface area contributed by atoms with E-state index in [1.807, 2.05) is 30.3 Å². The molecular formula is C28H21BrN2O6. The molecule has 0 N–H and O–H groups in total. The van der Waals surface area contributed by atoms with Crippen LogP contribution in [0.1, 0.15) is 30.0 Å². The Labute approximate surface area is 219 Å². The van der Waals surface area contributed by atoms with Crippen molar-refractivity contribution < 1.29 is 23.8 Å². The summed E-state index contributed by atoms with van der Waals surface area (Å²) in [5.74, 6) is -0.989. The Balaban J connectivity index is 1.39. The molecule has 0 amide bonds. The molecule has 0 aliphatic carbocycles. The predicted molar refractivity (Wildman–Crippen MR) is 138 cm³/mol. The molecule has 0 radical (unpaired) electrons. The molecule has 1 atom stereocenters. The molecule has 4 aromatic rings. The summed E-state index contributed by atoms with van der Waals surface area (Å²) in [5.41, 5.74) is 1.55. The number of carbonyl (C=O) groups is 2. The lowest BCUT2D eigenvalue weighted by molar-refractivity contribution is -0.190. The second-order valence-corrected chi connectivity index (χ2v) is 9.89. The number of para-hydroxylation sites is 1. The maximum atomic E-state index is 13.6. The third-order valence-electron chi connectivity index (χ3n) is 6.84. The highest BCUT2D eigenvalue weighted by molar-refractivity contribution is 9.10. The van der Waals surface area contributed by atoms with Gasteiger partial charge in [0.15, 0.2) is 6.61 Å². The average molecular weight is 561 g/mol. The number of rotatable bonds is 5. The predicted octanol–water partition coefficient (Wildman–Crippen LogP) is 4.47. The summed E-state index contributed by atoms with van der Waals surface area (Å²) in [7, 11) is 0. The zero-order chi connectivity index (χ0) is 25.7. The van der Waals surface area contributed by atoms with Crippen LogP contribution in [-0.2, 0) is 37.8 Å². The van der Waals surface area contributed by atoms with Gasteiger partial charge in [-0.2, -0.15) is 0 Å². The summed E-state index contributed by atoms with van der Waals surface area (Å²) < 4.78 is 19.2. The Morgan fingerprint density at radius 1 is 1.14 bits per heavy atom. The molecule has 37 heavy (non-hydrogen) atoms. The molecule has 0 saturated heterocycles. The molecule has 0 unspecified atom stereocenters. The first-order valence-electron chi connectivity index (χ1n) is 11.8. The van der Waals surface area contributed by atoms with E-state index in [-0.39, 0.29) is 18.6 Å². The monoisotopic (exact) mass is 560 g/mol. The number of nitrogens with zero attached hydrogens (tertiary/aromatic N) is 2. The van der Waals surface area contributed by atoms with E-state index in [1.165, 1.54) is 0 Å². The topological polar surface area (TPSA) is 96.7 Å². The lowest BCUT2D eigenvalue weighted by Gasteiger charge is -2.35. The van der Waals surface area contributed by atoms with Gasteiger partial charge in [-0.1, -0.05) is 41.1 Å². The molecule has 2 aromatic carbocycles. The number of hydrogen-bond donors (Lipinski definition) is 0. The Bertz CT molecular complexity index is 1650. The van der Waals surface area contributed by atoms with E-state index < -0.39 is 24.1 Å². The molecule has 6 rings (SSSR count). The highest BCUT2D eigenvalue weighted by Gasteiger charge is 2.50. The van der Waals surface area contributed by atoms with Crippen molar-refractivity contribution in [3.8, 4) is 17.1 Å². The zero-order valence-electron chi connectivity index (χ0n) is 19.8. The Morgan fingerprint density at radius 2 is 1.92 bits per heavy atom. The minimum absolute atomic E-state index is 0.0871. The van der Waals surface area contributed by atoms with Crippen molar-refractivity contribution in [2.45, 2.75) is 32.1 Å². The quantitative estimate of drug-likeness (QED) is 0.292. The van der Waals surface area contributed by atoms with Gasteiger partial charge in [0.05, 0.1) is 29.0 Å². The normalized spacial score (nSPS) is 17.5. The highest BCUT2D eigenvalue weighted by atomic mass is 79.9. The number of aromatic nitrogens is 2. The molecule has 9 heteroatoms. The molecule has 2 aromatic heterocycles. The van der Waals surface area contributed by atoms with Gasteiger partial charge in [-0.15, -0.1) is 0 Å². The number of esters is 2. The molecule has 0 spiro atoms. The average Bonchev–Trinajstić information content (AvgIpc) is 3.26. The number of pyridine rings is 2. The second-order valence-electron chi connectivity index (χ2n) is 8.98. The van der Waals surface area contributed by atoms with E-state index in [2.05, 4.69) is 15.9 Å². The van der Waals surface area contributed by atoms with E-state index >= 15 is 0 Å². The molecule has 2 aliphatic rings. The van der Waals surface area contributed by atoms with E-state index in [0.29, 0.717) is 34.8 Å². The molecule has 0 fully saturated rings. The van der Waals surface area contributed by atoms with E-state index in [1.54, 1.807) is 41.8 Å². The van der Waals surface area contributed by atoms with Crippen molar-refractivity contribution in [2.75, 3.05) is 6.61 Å². The molecule has 186 valence electrons. The first-order chi connectivity index (χ1) is 17.9. The van der Waals surface area contributed by atoms with Gasteiger partial charge in [-0.25, -0.2) is 14.6 Å². The van der Waals surface area contributed by atoms with Gasteiger partial charge < -0.3 is 18.8 Å². The summed E-state index contributed by atoms with van der Waals surface area (Å²) in [6.07, 6.45) is 0.0871. The van der Waals surface area contributed by atoms with Crippen LogP contribution < -0.4 is 10.3 Å². The lowest BCUT2D eigenvalue weighted by Crippen LogP contribution is -2.48. The van der Waals surface area contributed by atoms with Gasteiger partial charge in [0.2, 0.25) is 5.60 Å². The van der Waals surface area contributed by atoms with E-state index in [9.17, 15) is 14.4 Å². The lowest BCUT2D eigenvalue weighted by atomic mass is 9.85. The van der Waals surface area contributed by atoms with Crippen molar-refractivity contribution in [3.63, 3.8) is 0 Å². The van der Waals surface area contributed by atoms with Crippen molar-refractivity contribution in [3.05, 3.63) is 92.2 Å². The molecule has 4 heterocycles. The second kappa shape index (κ2) is 8.85. The van der Waals surface area contributed by atoms with Crippen LogP contribution in [0.4, 0.5) is 0 Å². The maximum absolute atomic E-state index is 13.6. The third-order valence-corrected chi connectivity index (χ3v) is 7.37. The molecule has 8 nitrogen and oxygen atoms in total. The van der Waals surface area contributed by atoms with Crippen LogP contribution in [0.2, 0.25) is 0 Å². The fraction of sp³-hybridized carbons (Fsp3) is 0.214. The number of fused-ring (bicyclic) bond motifs is 5. The summed E-state index contributed by atoms with van der Waals surface area (Å²) in [6.45, 7) is 1.48. The van der Waals surface area contributed by atoms with Crippen LogP contribution in [-0.4, -0.2) is 28.1 Å². The first-order valence-corrected chi connectivity index (χ1v) is 12.6. The van der Waals surface area contributed by atoms with Crippen LogP contribution in [0.15, 0.2) is 69.9 Å².